The number of hydrogen-bond donors (Lipinski definition) is 0. The van der Waals surface area contributed by atoms with Gasteiger partial charge in [0.1, 0.15) is 5.75 Å². The second-order valence-electron chi connectivity index (χ2n) is 5.43. The normalized spacial score (nSPS) is 15.4. The molecule has 1 aromatic carbocycles. The van der Waals surface area contributed by atoms with Gasteiger partial charge < -0.3 is 4.74 Å². The SMILES string of the molecule is CC1(C)N=C(Cc2ccccn2)c2cc(C#N)ccc2O1. The highest BCUT2D eigenvalue weighted by atomic mass is 16.5. The Balaban J connectivity index is 2.05. The van der Waals surface area contributed by atoms with Gasteiger partial charge in [-0.2, -0.15) is 5.26 Å². The highest BCUT2D eigenvalue weighted by Crippen LogP contribution is 2.31. The van der Waals surface area contributed by atoms with Crippen LogP contribution in [0.4, 0.5) is 0 Å². The van der Waals surface area contributed by atoms with E-state index in [4.69, 9.17) is 10.00 Å². The van der Waals surface area contributed by atoms with Crippen LogP contribution < -0.4 is 4.74 Å². The molecular formula is C17H15N3O. The molecule has 1 aliphatic rings. The lowest BCUT2D eigenvalue weighted by Crippen LogP contribution is -2.32. The predicted octanol–water partition coefficient (Wildman–Crippen LogP) is 3.11. The van der Waals surface area contributed by atoms with Gasteiger partial charge in [0.25, 0.3) is 0 Å². The maximum atomic E-state index is 9.07. The first-order chi connectivity index (χ1) is 10.1. The molecule has 0 spiro atoms. The smallest absolute Gasteiger partial charge is 0.194 e. The van der Waals surface area contributed by atoms with Gasteiger partial charge in [-0.3, -0.25) is 4.98 Å². The molecule has 0 saturated heterocycles. The fourth-order valence-electron chi connectivity index (χ4n) is 2.40. The molecule has 0 N–H and O–H groups in total. The summed E-state index contributed by atoms with van der Waals surface area (Å²) in [6, 6.07) is 13.4. The summed E-state index contributed by atoms with van der Waals surface area (Å²) in [6.45, 7) is 3.85. The Bertz CT molecular complexity index is 742. The van der Waals surface area contributed by atoms with E-state index in [0.29, 0.717) is 12.0 Å². The van der Waals surface area contributed by atoms with E-state index >= 15 is 0 Å². The predicted molar refractivity (Wildman–Crippen MR) is 80.3 cm³/mol. The molecule has 2 heterocycles. The van der Waals surface area contributed by atoms with E-state index < -0.39 is 5.72 Å². The van der Waals surface area contributed by atoms with Crippen molar-refractivity contribution in [3.8, 4) is 11.8 Å². The van der Waals surface area contributed by atoms with Gasteiger partial charge in [-0.15, -0.1) is 0 Å². The van der Waals surface area contributed by atoms with E-state index in [9.17, 15) is 0 Å². The van der Waals surface area contributed by atoms with Crippen molar-refractivity contribution in [1.82, 2.24) is 4.98 Å². The molecule has 4 heteroatoms. The number of fused-ring (bicyclic) bond motifs is 1. The van der Waals surface area contributed by atoms with Crippen LogP contribution >= 0.6 is 0 Å². The average molecular weight is 277 g/mol. The third-order valence-electron chi connectivity index (χ3n) is 3.26. The molecular weight excluding hydrogens is 262 g/mol. The molecule has 0 amide bonds. The van der Waals surface area contributed by atoms with E-state index in [2.05, 4.69) is 16.0 Å². The van der Waals surface area contributed by atoms with Crippen LogP contribution in [0.3, 0.4) is 0 Å². The maximum Gasteiger partial charge on any atom is 0.194 e. The molecule has 1 aromatic heterocycles. The number of rotatable bonds is 2. The Labute approximate surface area is 123 Å². The first kappa shape index (κ1) is 13.3. The lowest BCUT2D eigenvalue weighted by Gasteiger charge is -2.30. The Hall–Kier alpha value is -2.67. The van der Waals surface area contributed by atoms with Gasteiger partial charge in [0.2, 0.25) is 0 Å². The van der Waals surface area contributed by atoms with Gasteiger partial charge in [0.15, 0.2) is 5.72 Å². The number of hydrogen-bond acceptors (Lipinski definition) is 4. The van der Waals surface area contributed by atoms with Gasteiger partial charge in [0, 0.05) is 23.9 Å². The van der Waals surface area contributed by atoms with Gasteiger partial charge in [-0.25, -0.2) is 4.99 Å². The molecule has 104 valence electrons. The third-order valence-corrected chi connectivity index (χ3v) is 3.26. The van der Waals surface area contributed by atoms with Crippen LogP contribution in [0.25, 0.3) is 0 Å². The number of aromatic nitrogens is 1. The van der Waals surface area contributed by atoms with Crippen LogP contribution in [0.1, 0.15) is 30.7 Å². The van der Waals surface area contributed by atoms with E-state index in [1.54, 1.807) is 12.3 Å². The Morgan fingerprint density at radius 3 is 2.81 bits per heavy atom. The number of nitriles is 1. The van der Waals surface area contributed by atoms with Gasteiger partial charge in [-0.1, -0.05) is 6.07 Å². The molecule has 0 aliphatic carbocycles. The molecule has 0 radical (unpaired) electrons. The fourth-order valence-corrected chi connectivity index (χ4v) is 2.40. The molecule has 2 aromatic rings. The van der Waals surface area contributed by atoms with Crippen LogP contribution in [0, 0.1) is 11.3 Å². The van der Waals surface area contributed by atoms with Crippen molar-refractivity contribution < 1.29 is 4.74 Å². The molecule has 0 atom stereocenters. The summed E-state index contributed by atoms with van der Waals surface area (Å²) in [5.74, 6) is 0.764. The molecule has 0 fully saturated rings. The van der Waals surface area contributed by atoms with Crippen LogP contribution in [0.15, 0.2) is 47.6 Å². The van der Waals surface area contributed by atoms with E-state index in [1.807, 2.05) is 44.2 Å². The summed E-state index contributed by atoms with van der Waals surface area (Å²) in [5.41, 5.74) is 2.72. The summed E-state index contributed by atoms with van der Waals surface area (Å²) >= 11 is 0. The number of benzene rings is 1. The first-order valence-electron chi connectivity index (χ1n) is 6.79. The Morgan fingerprint density at radius 1 is 1.24 bits per heavy atom. The second-order valence-corrected chi connectivity index (χ2v) is 5.43. The molecule has 0 bridgehead atoms. The van der Waals surface area contributed by atoms with Crippen molar-refractivity contribution in [2.24, 2.45) is 4.99 Å². The van der Waals surface area contributed by atoms with Crippen molar-refractivity contribution in [3.63, 3.8) is 0 Å². The van der Waals surface area contributed by atoms with Crippen molar-refractivity contribution in [2.75, 3.05) is 0 Å². The van der Waals surface area contributed by atoms with Crippen molar-refractivity contribution in [1.29, 1.82) is 5.26 Å². The molecule has 3 rings (SSSR count). The standard InChI is InChI=1S/C17H15N3O/c1-17(2)20-15(10-13-5-3-4-8-19-13)14-9-12(11-18)6-7-16(14)21-17/h3-9H,10H2,1-2H3. The largest absolute Gasteiger partial charge is 0.466 e. The van der Waals surface area contributed by atoms with Gasteiger partial charge in [-0.05, 0) is 44.2 Å². The quantitative estimate of drug-likeness (QED) is 0.847. The highest BCUT2D eigenvalue weighted by Gasteiger charge is 2.28. The zero-order valence-electron chi connectivity index (χ0n) is 12.0. The molecule has 0 unspecified atom stereocenters. The average Bonchev–Trinajstić information content (AvgIpc) is 2.47. The summed E-state index contributed by atoms with van der Waals surface area (Å²) < 4.78 is 5.87. The van der Waals surface area contributed by atoms with Crippen molar-refractivity contribution in [2.45, 2.75) is 26.0 Å². The van der Waals surface area contributed by atoms with E-state index in [-0.39, 0.29) is 0 Å². The van der Waals surface area contributed by atoms with E-state index in [1.165, 1.54) is 0 Å². The zero-order chi connectivity index (χ0) is 14.9. The third kappa shape index (κ3) is 2.77. The zero-order valence-corrected chi connectivity index (χ0v) is 12.0. The molecule has 21 heavy (non-hydrogen) atoms. The summed E-state index contributed by atoms with van der Waals surface area (Å²) in [4.78, 5) is 9.02. The number of aliphatic imine (C=N–C) groups is 1. The van der Waals surface area contributed by atoms with Crippen LogP contribution in [-0.4, -0.2) is 16.4 Å². The maximum absolute atomic E-state index is 9.07. The van der Waals surface area contributed by atoms with Gasteiger partial charge >= 0.3 is 0 Å². The fraction of sp³-hybridized carbons (Fsp3) is 0.235. The summed E-state index contributed by atoms with van der Waals surface area (Å²) in [6.07, 6.45) is 2.39. The second kappa shape index (κ2) is 5.02. The highest BCUT2D eigenvalue weighted by molar-refractivity contribution is 6.05. The molecule has 0 saturated carbocycles. The van der Waals surface area contributed by atoms with E-state index in [0.717, 1.165) is 22.7 Å². The Morgan fingerprint density at radius 2 is 2.10 bits per heavy atom. The molecule has 1 aliphatic heterocycles. The monoisotopic (exact) mass is 277 g/mol. The van der Waals surface area contributed by atoms with Crippen LogP contribution in [0.5, 0.6) is 5.75 Å². The Kier molecular flexibility index (Phi) is 3.19. The number of ether oxygens (including phenoxy) is 1. The number of nitrogens with zero attached hydrogens (tertiary/aromatic N) is 3. The van der Waals surface area contributed by atoms with Crippen molar-refractivity contribution in [3.05, 3.63) is 59.4 Å². The topological polar surface area (TPSA) is 58.3 Å². The van der Waals surface area contributed by atoms with Gasteiger partial charge in [0.05, 0.1) is 17.3 Å². The lowest BCUT2D eigenvalue weighted by atomic mass is 9.99. The van der Waals surface area contributed by atoms with Crippen molar-refractivity contribution >= 4 is 5.71 Å². The molecule has 4 nitrogen and oxygen atoms in total. The summed E-state index contributed by atoms with van der Waals surface area (Å²) in [5, 5.41) is 9.07. The minimum absolute atomic E-state index is 0.603. The first-order valence-corrected chi connectivity index (χ1v) is 6.79. The van der Waals surface area contributed by atoms with Crippen LogP contribution in [-0.2, 0) is 6.42 Å². The number of pyridine rings is 1. The minimum Gasteiger partial charge on any atom is -0.466 e. The van der Waals surface area contributed by atoms with Crippen LogP contribution in [0.2, 0.25) is 0 Å². The summed E-state index contributed by atoms with van der Waals surface area (Å²) in [7, 11) is 0. The minimum atomic E-state index is -0.606. The lowest BCUT2D eigenvalue weighted by molar-refractivity contribution is 0.115.